The first kappa shape index (κ1) is 14.1. The van der Waals surface area contributed by atoms with Gasteiger partial charge in [0.05, 0.1) is 6.42 Å². The molecule has 0 heterocycles. The van der Waals surface area contributed by atoms with Crippen LogP contribution in [0.1, 0.15) is 18.0 Å². The Kier molecular flexibility index (Phi) is 4.10. The van der Waals surface area contributed by atoms with Gasteiger partial charge in [-0.1, -0.05) is 30.3 Å². The van der Waals surface area contributed by atoms with Crippen LogP contribution in [-0.2, 0) is 4.79 Å². The van der Waals surface area contributed by atoms with E-state index in [1.807, 2.05) is 0 Å². The first-order chi connectivity index (χ1) is 9.49. The van der Waals surface area contributed by atoms with Crippen LogP contribution in [0.2, 0.25) is 0 Å². The molecule has 0 amide bonds. The van der Waals surface area contributed by atoms with Gasteiger partial charge >= 0.3 is 5.97 Å². The molecule has 0 saturated carbocycles. The summed E-state index contributed by atoms with van der Waals surface area (Å²) in [6, 6.07) is 9.90. The second-order valence-corrected chi connectivity index (χ2v) is 4.43. The molecule has 0 aliphatic heterocycles. The Morgan fingerprint density at radius 3 is 2.45 bits per heavy atom. The van der Waals surface area contributed by atoms with Crippen LogP contribution in [0.5, 0.6) is 0 Å². The van der Waals surface area contributed by atoms with Gasteiger partial charge in [-0.3, -0.25) is 4.79 Å². The van der Waals surface area contributed by atoms with Crippen LogP contribution in [0.15, 0.2) is 42.5 Å². The lowest BCUT2D eigenvalue weighted by molar-refractivity contribution is -0.137. The zero-order valence-corrected chi connectivity index (χ0v) is 10.5. The summed E-state index contributed by atoms with van der Waals surface area (Å²) in [7, 11) is 0. The van der Waals surface area contributed by atoms with Gasteiger partial charge in [-0.25, -0.2) is 8.78 Å². The Labute approximate surface area is 114 Å². The summed E-state index contributed by atoms with van der Waals surface area (Å²) < 4.78 is 27.5. The van der Waals surface area contributed by atoms with Crippen molar-refractivity contribution in [1.82, 2.24) is 0 Å². The van der Waals surface area contributed by atoms with Crippen molar-refractivity contribution in [2.24, 2.45) is 5.73 Å². The van der Waals surface area contributed by atoms with Crippen molar-refractivity contribution in [1.29, 1.82) is 0 Å². The van der Waals surface area contributed by atoms with Crippen molar-refractivity contribution < 1.29 is 18.7 Å². The molecule has 0 aliphatic carbocycles. The Hall–Kier alpha value is -2.27. The van der Waals surface area contributed by atoms with Crippen LogP contribution in [0, 0.1) is 11.6 Å². The summed E-state index contributed by atoms with van der Waals surface area (Å²) in [5.74, 6) is -3.10. The molecule has 0 bridgehead atoms. The Morgan fingerprint density at radius 1 is 1.20 bits per heavy atom. The van der Waals surface area contributed by atoms with Gasteiger partial charge in [-0.15, -0.1) is 0 Å². The number of carboxylic acids is 1. The van der Waals surface area contributed by atoms with E-state index in [-0.39, 0.29) is 17.5 Å². The second kappa shape index (κ2) is 5.79. The number of halogens is 2. The monoisotopic (exact) mass is 277 g/mol. The number of hydrogen-bond donors (Lipinski definition) is 2. The fourth-order valence-corrected chi connectivity index (χ4v) is 1.96. The molecule has 0 aliphatic rings. The fraction of sp³-hybridized carbons (Fsp3) is 0.133. The number of carbonyl (C=O) groups is 1. The molecule has 0 fully saturated rings. The summed E-state index contributed by atoms with van der Waals surface area (Å²) in [5, 5.41) is 8.71. The quantitative estimate of drug-likeness (QED) is 0.902. The maximum absolute atomic E-state index is 13.9. The minimum absolute atomic E-state index is 0.0708. The topological polar surface area (TPSA) is 63.3 Å². The lowest BCUT2D eigenvalue weighted by atomic mass is 9.97. The molecule has 2 aromatic rings. The molecule has 2 aromatic carbocycles. The highest BCUT2D eigenvalue weighted by molar-refractivity contribution is 5.69. The standard InChI is InChI=1S/C15H13F2NO2/c16-12-7-10(13(18)8-14(19)20)6-11(15(12)17)9-4-2-1-3-5-9/h1-7,13H,8,18H2,(H,19,20). The molecule has 3 N–H and O–H groups in total. The van der Waals surface area contributed by atoms with Crippen molar-refractivity contribution >= 4 is 5.97 Å². The molecule has 0 radical (unpaired) electrons. The fourth-order valence-electron chi connectivity index (χ4n) is 1.96. The van der Waals surface area contributed by atoms with Gasteiger partial charge in [0.15, 0.2) is 11.6 Å². The highest BCUT2D eigenvalue weighted by atomic mass is 19.2. The van der Waals surface area contributed by atoms with Crippen LogP contribution < -0.4 is 5.73 Å². The molecule has 3 nitrogen and oxygen atoms in total. The van der Waals surface area contributed by atoms with Crippen LogP contribution in [-0.4, -0.2) is 11.1 Å². The number of nitrogens with two attached hydrogens (primary N) is 1. The summed E-state index contributed by atoms with van der Waals surface area (Å²) >= 11 is 0. The minimum Gasteiger partial charge on any atom is -0.481 e. The van der Waals surface area contributed by atoms with E-state index in [9.17, 15) is 13.6 Å². The summed E-state index contributed by atoms with van der Waals surface area (Å²) in [4.78, 5) is 10.6. The predicted octanol–water partition coefficient (Wildman–Crippen LogP) is 3.11. The van der Waals surface area contributed by atoms with Crippen molar-refractivity contribution in [3.05, 3.63) is 59.7 Å². The zero-order valence-electron chi connectivity index (χ0n) is 10.5. The molecule has 20 heavy (non-hydrogen) atoms. The van der Waals surface area contributed by atoms with E-state index in [1.165, 1.54) is 6.07 Å². The van der Waals surface area contributed by atoms with Gasteiger partial charge in [-0.05, 0) is 23.3 Å². The number of carboxylic acid groups (broad SMARTS) is 1. The second-order valence-electron chi connectivity index (χ2n) is 4.43. The number of hydrogen-bond acceptors (Lipinski definition) is 2. The summed E-state index contributed by atoms with van der Waals surface area (Å²) in [5.41, 5.74) is 6.53. The van der Waals surface area contributed by atoms with Crippen LogP contribution in [0.25, 0.3) is 11.1 Å². The normalized spacial score (nSPS) is 12.2. The first-order valence-electron chi connectivity index (χ1n) is 6.00. The van der Waals surface area contributed by atoms with E-state index in [0.29, 0.717) is 5.56 Å². The lowest BCUT2D eigenvalue weighted by Crippen LogP contribution is -2.15. The number of aliphatic carboxylic acids is 1. The van der Waals surface area contributed by atoms with Gasteiger partial charge in [0, 0.05) is 11.6 Å². The van der Waals surface area contributed by atoms with Crippen molar-refractivity contribution in [3.63, 3.8) is 0 Å². The lowest BCUT2D eigenvalue weighted by Gasteiger charge is -2.13. The Bertz CT molecular complexity index is 629. The third kappa shape index (κ3) is 3.00. The average molecular weight is 277 g/mol. The first-order valence-corrected chi connectivity index (χ1v) is 6.00. The number of benzene rings is 2. The summed E-state index contributed by atoms with van der Waals surface area (Å²) in [6.45, 7) is 0. The van der Waals surface area contributed by atoms with Gasteiger partial charge in [0.1, 0.15) is 0 Å². The van der Waals surface area contributed by atoms with Gasteiger partial charge in [0.2, 0.25) is 0 Å². The third-order valence-electron chi connectivity index (χ3n) is 2.96. The van der Waals surface area contributed by atoms with Gasteiger partial charge < -0.3 is 10.8 Å². The van der Waals surface area contributed by atoms with E-state index in [1.54, 1.807) is 30.3 Å². The maximum Gasteiger partial charge on any atom is 0.305 e. The SMILES string of the molecule is NC(CC(=O)O)c1cc(F)c(F)c(-c2ccccc2)c1. The Morgan fingerprint density at radius 2 is 1.85 bits per heavy atom. The minimum atomic E-state index is -1.09. The predicted molar refractivity (Wildman–Crippen MR) is 71.0 cm³/mol. The molecule has 1 unspecified atom stereocenters. The van der Waals surface area contributed by atoms with Crippen molar-refractivity contribution in [2.75, 3.05) is 0 Å². The van der Waals surface area contributed by atoms with Crippen LogP contribution in [0.4, 0.5) is 8.78 Å². The average Bonchev–Trinajstić information content (AvgIpc) is 2.41. The maximum atomic E-state index is 13.9. The molecule has 104 valence electrons. The zero-order chi connectivity index (χ0) is 14.7. The molecule has 0 spiro atoms. The highest BCUT2D eigenvalue weighted by Crippen LogP contribution is 2.28. The molecule has 2 rings (SSSR count). The molecule has 5 heteroatoms. The van der Waals surface area contributed by atoms with Crippen molar-refractivity contribution in [3.8, 4) is 11.1 Å². The molecule has 0 saturated heterocycles. The number of rotatable bonds is 4. The third-order valence-corrected chi connectivity index (χ3v) is 2.96. The van der Waals surface area contributed by atoms with E-state index in [0.717, 1.165) is 6.07 Å². The van der Waals surface area contributed by atoms with E-state index in [2.05, 4.69) is 0 Å². The van der Waals surface area contributed by atoms with Crippen LogP contribution in [0.3, 0.4) is 0 Å². The van der Waals surface area contributed by atoms with Gasteiger partial charge in [-0.2, -0.15) is 0 Å². The Balaban J connectivity index is 2.48. The van der Waals surface area contributed by atoms with Crippen molar-refractivity contribution in [2.45, 2.75) is 12.5 Å². The van der Waals surface area contributed by atoms with Crippen LogP contribution >= 0.6 is 0 Å². The molecular weight excluding hydrogens is 264 g/mol. The smallest absolute Gasteiger partial charge is 0.305 e. The molecule has 1 atom stereocenters. The highest BCUT2D eigenvalue weighted by Gasteiger charge is 2.17. The largest absolute Gasteiger partial charge is 0.481 e. The van der Waals surface area contributed by atoms with E-state index >= 15 is 0 Å². The van der Waals surface area contributed by atoms with Gasteiger partial charge in [0.25, 0.3) is 0 Å². The van der Waals surface area contributed by atoms with E-state index < -0.39 is 23.6 Å². The molecular formula is C15H13F2NO2. The molecule has 0 aromatic heterocycles. The summed E-state index contributed by atoms with van der Waals surface area (Å²) in [6.07, 6.45) is -0.348. The van der Waals surface area contributed by atoms with E-state index in [4.69, 9.17) is 10.8 Å².